The molecule has 5 rings (SSSR count). The van der Waals surface area contributed by atoms with Crippen molar-refractivity contribution in [3.63, 3.8) is 0 Å². The van der Waals surface area contributed by atoms with E-state index in [4.69, 9.17) is 0 Å². The van der Waals surface area contributed by atoms with Crippen molar-refractivity contribution in [1.29, 1.82) is 0 Å². The predicted molar refractivity (Wildman–Crippen MR) is 127 cm³/mol. The van der Waals surface area contributed by atoms with Gasteiger partial charge in [-0.1, -0.05) is 66.7 Å². The maximum absolute atomic E-state index is 12.5. The molecule has 3 aromatic carbocycles. The fraction of sp³-hybridized carbons (Fsp3) is 0.0400. The highest BCUT2D eigenvalue weighted by atomic mass is 16.3. The number of fused-ring (bicyclic) bond motifs is 2. The lowest BCUT2D eigenvalue weighted by atomic mass is 10.0. The highest BCUT2D eigenvalue weighted by Crippen LogP contribution is 2.30. The molecule has 0 radical (unpaired) electrons. The molecule has 0 atom stereocenters. The van der Waals surface area contributed by atoms with Crippen LogP contribution in [0.5, 0.6) is 5.75 Å². The van der Waals surface area contributed by atoms with Crippen LogP contribution in [0.15, 0.2) is 82.7 Å². The van der Waals surface area contributed by atoms with Gasteiger partial charge in [-0.15, -0.1) is 10.2 Å². The Hall–Kier alpha value is -4.52. The first-order chi connectivity index (χ1) is 15.6. The standard InChI is InChI=1S/C25H19N5O2/c1-15-8-7-13-19-21(15)27-25(32)20(23(19)31)14-26-29-24-18-12-6-5-11-17(18)22(28-30-24)16-9-3-2-4-10-16/h2-14H,1H3,(H,29,30)(H2,27,31,32). The Morgan fingerprint density at radius 3 is 2.44 bits per heavy atom. The Labute approximate surface area is 183 Å². The minimum atomic E-state index is -0.426. The van der Waals surface area contributed by atoms with Crippen LogP contribution >= 0.6 is 0 Å². The predicted octanol–water partition coefficient (Wildman–Crippen LogP) is 4.60. The third kappa shape index (κ3) is 3.35. The Morgan fingerprint density at radius 2 is 1.62 bits per heavy atom. The van der Waals surface area contributed by atoms with Crippen molar-refractivity contribution in [3.8, 4) is 17.0 Å². The molecule has 7 nitrogen and oxygen atoms in total. The summed E-state index contributed by atoms with van der Waals surface area (Å²) < 4.78 is 0. The number of H-pyrrole nitrogens is 1. The van der Waals surface area contributed by atoms with Crippen molar-refractivity contribution in [2.24, 2.45) is 5.10 Å². The molecule has 0 saturated heterocycles. The van der Waals surface area contributed by atoms with Gasteiger partial charge < -0.3 is 10.1 Å². The lowest BCUT2D eigenvalue weighted by Gasteiger charge is -2.09. The van der Waals surface area contributed by atoms with Crippen molar-refractivity contribution in [2.75, 3.05) is 5.43 Å². The SMILES string of the molecule is Cc1cccc2c(O)c(C=NNc3nnc(-c4ccccc4)c4ccccc34)c(=O)[nH]c12. The number of anilines is 1. The Bertz CT molecular complexity index is 1540. The van der Waals surface area contributed by atoms with Gasteiger partial charge in [0.05, 0.1) is 11.7 Å². The van der Waals surface area contributed by atoms with Gasteiger partial charge in [0.1, 0.15) is 17.0 Å². The van der Waals surface area contributed by atoms with Crippen molar-refractivity contribution in [3.05, 3.63) is 94.3 Å². The van der Waals surface area contributed by atoms with E-state index in [9.17, 15) is 9.90 Å². The highest BCUT2D eigenvalue weighted by Gasteiger charge is 2.12. The maximum atomic E-state index is 12.5. The minimum absolute atomic E-state index is 0.0637. The summed E-state index contributed by atoms with van der Waals surface area (Å²) in [5.41, 5.74) is 5.72. The number of nitrogens with zero attached hydrogens (tertiary/aromatic N) is 3. The van der Waals surface area contributed by atoms with Crippen LogP contribution in [0.3, 0.4) is 0 Å². The Morgan fingerprint density at radius 1 is 0.906 bits per heavy atom. The van der Waals surface area contributed by atoms with Crippen LogP contribution < -0.4 is 11.0 Å². The number of benzene rings is 3. The van der Waals surface area contributed by atoms with Gasteiger partial charge in [-0.05, 0) is 18.6 Å². The van der Waals surface area contributed by atoms with Gasteiger partial charge in [0, 0.05) is 21.7 Å². The third-order valence-electron chi connectivity index (χ3n) is 5.36. The van der Waals surface area contributed by atoms with Gasteiger partial charge in [-0.25, -0.2) is 0 Å². The lowest BCUT2D eigenvalue weighted by Crippen LogP contribution is -2.13. The zero-order valence-electron chi connectivity index (χ0n) is 17.2. The Balaban J connectivity index is 1.52. The molecule has 32 heavy (non-hydrogen) atoms. The summed E-state index contributed by atoms with van der Waals surface area (Å²) in [6, 6.07) is 23.0. The average molecular weight is 421 g/mol. The first-order valence-corrected chi connectivity index (χ1v) is 10.1. The molecule has 0 bridgehead atoms. The molecule has 0 aliphatic heterocycles. The molecule has 2 heterocycles. The smallest absolute Gasteiger partial charge is 0.261 e. The number of aromatic hydroxyl groups is 1. The van der Waals surface area contributed by atoms with Gasteiger partial charge in [0.15, 0.2) is 5.82 Å². The van der Waals surface area contributed by atoms with E-state index in [1.807, 2.05) is 73.7 Å². The molecular weight excluding hydrogens is 402 g/mol. The van der Waals surface area contributed by atoms with Crippen LogP contribution in [-0.2, 0) is 0 Å². The molecule has 0 fully saturated rings. The van der Waals surface area contributed by atoms with Crippen LogP contribution in [0.4, 0.5) is 5.82 Å². The second-order valence-corrected chi connectivity index (χ2v) is 7.39. The van der Waals surface area contributed by atoms with Gasteiger partial charge in [0.2, 0.25) is 0 Å². The lowest BCUT2D eigenvalue weighted by molar-refractivity contribution is 0.479. The van der Waals surface area contributed by atoms with Gasteiger partial charge >= 0.3 is 0 Å². The summed E-state index contributed by atoms with van der Waals surface area (Å²) in [5, 5.41) is 25.8. The number of pyridine rings is 1. The van der Waals surface area contributed by atoms with E-state index < -0.39 is 5.56 Å². The quantitative estimate of drug-likeness (QED) is 0.291. The van der Waals surface area contributed by atoms with Crippen LogP contribution in [0.2, 0.25) is 0 Å². The first-order valence-electron chi connectivity index (χ1n) is 10.1. The van der Waals surface area contributed by atoms with E-state index in [-0.39, 0.29) is 11.3 Å². The second kappa shape index (κ2) is 7.96. The van der Waals surface area contributed by atoms with Crippen LogP contribution in [0, 0.1) is 6.92 Å². The summed E-state index contributed by atoms with van der Waals surface area (Å²) in [7, 11) is 0. The van der Waals surface area contributed by atoms with Gasteiger partial charge in [-0.3, -0.25) is 10.2 Å². The summed E-state index contributed by atoms with van der Waals surface area (Å²) in [6.45, 7) is 1.87. The number of aromatic amines is 1. The fourth-order valence-corrected chi connectivity index (χ4v) is 3.74. The number of nitrogens with one attached hydrogen (secondary N) is 2. The zero-order valence-corrected chi connectivity index (χ0v) is 17.2. The number of aromatic nitrogens is 3. The second-order valence-electron chi connectivity index (χ2n) is 7.39. The monoisotopic (exact) mass is 421 g/mol. The third-order valence-corrected chi connectivity index (χ3v) is 5.36. The number of rotatable bonds is 4. The number of para-hydroxylation sites is 1. The van der Waals surface area contributed by atoms with Crippen molar-refractivity contribution >= 4 is 33.7 Å². The molecule has 0 amide bonds. The van der Waals surface area contributed by atoms with E-state index >= 15 is 0 Å². The molecule has 0 aliphatic rings. The van der Waals surface area contributed by atoms with Crippen molar-refractivity contribution in [1.82, 2.24) is 15.2 Å². The summed E-state index contributed by atoms with van der Waals surface area (Å²) in [6.07, 6.45) is 1.29. The largest absolute Gasteiger partial charge is 0.506 e. The normalized spacial score (nSPS) is 11.4. The fourth-order valence-electron chi connectivity index (χ4n) is 3.74. The number of hydrogen-bond acceptors (Lipinski definition) is 6. The molecule has 2 aromatic heterocycles. The van der Waals surface area contributed by atoms with Crippen LogP contribution in [0.25, 0.3) is 32.9 Å². The molecular formula is C25H19N5O2. The Kier molecular flexibility index (Phi) is 4.84. The molecule has 156 valence electrons. The molecule has 5 aromatic rings. The topological polar surface area (TPSA) is 103 Å². The number of hydrogen-bond donors (Lipinski definition) is 3. The van der Waals surface area contributed by atoms with Crippen LogP contribution in [-0.4, -0.2) is 26.5 Å². The van der Waals surface area contributed by atoms with Crippen molar-refractivity contribution < 1.29 is 5.11 Å². The molecule has 0 saturated carbocycles. The highest BCUT2D eigenvalue weighted by molar-refractivity contribution is 6.00. The van der Waals surface area contributed by atoms with Gasteiger partial charge in [0.25, 0.3) is 5.56 Å². The molecule has 0 spiro atoms. The van der Waals surface area contributed by atoms with Gasteiger partial charge in [-0.2, -0.15) is 5.10 Å². The van der Waals surface area contributed by atoms with E-state index in [2.05, 4.69) is 25.7 Å². The first kappa shape index (κ1) is 19.4. The minimum Gasteiger partial charge on any atom is -0.506 e. The molecule has 0 aliphatic carbocycles. The summed E-state index contributed by atoms with van der Waals surface area (Å²) >= 11 is 0. The van der Waals surface area contributed by atoms with Crippen LogP contribution in [0.1, 0.15) is 11.1 Å². The van der Waals surface area contributed by atoms with E-state index in [0.717, 1.165) is 27.6 Å². The summed E-state index contributed by atoms with van der Waals surface area (Å²) in [5.74, 6) is 0.331. The maximum Gasteiger partial charge on any atom is 0.261 e. The zero-order chi connectivity index (χ0) is 22.1. The number of aryl methyl sites for hydroxylation is 1. The average Bonchev–Trinajstić information content (AvgIpc) is 2.82. The summed E-state index contributed by atoms with van der Waals surface area (Å²) in [4.78, 5) is 15.3. The van der Waals surface area contributed by atoms with E-state index in [0.29, 0.717) is 16.7 Å². The van der Waals surface area contributed by atoms with E-state index in [1.54, 1.807) is 6.07 Å². The molecule has 3 N–H and O–H groups in total. The molecule has 7 heteroatoms. The van der Waals surface area contributed by atoms with Crippen molar-refractivity contribution in [2.45, 2.75) is 6.92 Å². The van der Waals surface area contributed by atoms with E-state index in [1.165, 1.54) is 6.21 Å². The molecule has 0 unspecified atom stereocenters. The number of hydrazone groups is 1.